The lowest BCUT2D eigenvalue weighted by atomic mass is 10.2. The molecule has 0 atom stereocenters. The molecule has 0 saturated carbocycles. The van der Waals surface area contributed by atoms with Crippen molar-refractivity contribution in [2.45, 2.75) is 19.4 Å². The molecule has 1 aliphatic rings. The monoisotopic (exact) mass is 373 g/mol. The van der Waals surface area contributed by atoms with Gasteiger partial charge in [-0.1, -0.05) is 23.4 Å². The lowest BCUT2D eigenvalue weighted by Gasteiger charge is -2.14. The molecule has 3 heterocycles. The van der Waals surface area contributed by atoms with Gasteiger partial charge in [-0.05, 0) is 25.0 Å². The Hall–Kier alpha value is -2.52. The highest BCUT2D eigenvalue weighted by molar-refractivity contribution is 7.89. The van der Waals surface area contributed by atoms with Gasteiger partial charge in [0.1, 0.15) is 17.7 Å². The van der Waals surface area contributed by atoms with Crippen LogP contribution in [-0.4, -0.2) is 51.5 Å². The highest BCUT2D eigenvalue weighted by atomic mass is 32.2. The van der Waals surface area contributed by atoms with E-state index in [0.717, 1.165) is 18.4 Å². The number of benzene rings is 1. The van der Waals surface area contributed by atoms with Gasteiger partial charge < -0.3 is 4.42 Å². The first-order chi connectivity index (χ1) is 12.6. The highest BCUT2D eigenvalue weighted by Crippen LogP contribution is 2.23. The normalized spacial score (nSPS) is 15.5. The van der Waals surface area contributed by atoms with E-state index in [1.54, 1.807) is 10.5 Å². The van der Waals surface area contributed by atoms with E-state index >= 15 is 0 Å². The largest absolute Gasteiger partial charge is 0.444 e. The van der Waals surface area contributed by atoms with Gasteiger partial charge >= 0.3 is 0 Å². The van der Waals surface area contributed by atoms with Gasteiger partial charge in [-0.15, -0.1) is 5.10 Å². The van der Waals surface area contributed by atoms with E-state index in [1.165, 1.54) is 10.9 Å². The highest BCUT2D eigenvalue weighted by Gasteiger charge is 2.25. The van der Waals surface area contributed by atoms with Crippen LogP contribution >= 0.6 is 0 Å². The minimum Gasteiger partial charge on any atom is -0.444 e. The first-order valence-corrected chi connectivity index (χ1v) is 10.1. The van der Waals surface area contributed by atoms with Crippen molar-refractivity contribution in [3.63, 3.8) is 0 Å². The maximum atomic E-state index is 12.3. The van der Waals surface area contributed by atoms with Crippen molar-refractivity contribution >= 4 is 10.0 Å². The van der Waals surface area contributed by atoms with Gasteiger partial charge in [0, 0.05) is 18.7 Å². The van der Waals surface area contributed by atoms with E-state index in [4.69, 9.17) is 4.42 Å². The molecule has 8 nitrogen and oxygen atoms in total. The smallest absolute Gasteiger partial charge is 0.226 e. The Balaban J connectivity index is 1.44. The minimum atomic E-state index is -3.23. The first-order valence-electron chi connectivity index (χ1n) is 8.51. The average molecular weight is 373 g/mol. The van der Waals surface area contributed by atoms with Gasteiger partial charge in [-0.3, -0.25) is 4.68 Å². The summed E-state index contributed by atoms with van der Waals surface area (Å²) in [4.78, 5) is 4.43. The van der Waals surface area contributed by atoms with Gasteiger partial charge in [0.05, 0.1) is 18.5 Å². The molecule has 1 fully saturated rings. The number of hydrogen-bond acceptors (Lipinski definition) is 6. The minimum absolute atomic E-state index is 0.0177. The number of aromatic nitrogens is 4. The number of rotatable bonds is 6. The molecule has 0 aliphatic carbocycles. The Morgan fingerprint density at radius 3 is 2.62 bits per heavy atom. The molecule has 0 bridgehead atoms. The molecule has 0 spiro atoms. The molecule has 1 aromatic carbocycles. The Morgan fingerprint density at radius 2 is 1.85 bits per heavy atom. The fourth-order valence-electron chi connectivity index (χ4n) is 2.93. The predicted molar refractivity (Wildman–Crippen MR) is 95.5 cm³/mol. The summed E-state index contributed by atoms with van der Waals surface area (Å²) < 4.78 is 33.1. The van der Waals surface area contributed by atoms with Gasteiger partial charge in [0.25, 0.3) is 0 Å². The second-order valence-electron chi connectivity index (χ2n) is 6.19. The van der Waals surface area contributed by atoms with Crippen LogP contribution in [0.4, 0.5) is 0 Å². The molecular weight excluding hydrogens is 354 g/mol. The second-order valence-corrected chi connectivity index (χ2v) is 8.28. The molecule has 0 N–H and O–H groups in total. The van der Waals surface area contributed by atoms with Crippen LogP contribution in [0.15, 0.2) is 47.2 Å². The number of nitrogens with zero attached hydrogens (tertiary/aromatic N) is 5. The van der Waals surface area contributed by atoms with Crippen molar-refractivity contribution in [1.82, 2.24) is 24.3 Å². The van der Waals surface area contributed by atoms with Crippen molar-refractivity contribution < 1.29 is 12.8 Å². The van der Waals surface area contributed by atoms with Crippen molar-refractivity contribution in [2.24, 2.45) is 0 Å². The quantitative estimate of drug-likeness (QED) is 0.656. The van der Waals surface area contributed by atoms with Crippen molar-refractivity contribution in [3.05, 3.63) is 42.8 Å². The van der Waals surface area contributed by atoms with Crippen LogP contribution in [0, 0.1) is 0 Å². The molecule has 9 heteroatoms. The molecule has 0 radical (unpaired) electrons. The summed E-state index contributed by atoms with van der Waals surface area (Å²) in [6, 6.07) is 9.58. The van der Waals surface area contributed by atoms with Crippen molar-refractivity contribution in [1.29, 1.82) is 0 Å². The third kappa shape index (κ3) is 3.54. The van der Waals surface area contributed by atoms with E-state index in [-0.39, 0.29) is 12.3 Å². The zero-order chi connectivity index (χ0) is 18.0. The molecule has 0 amide bonds. The molecule has 136 valence electrons. The Bertz CT molecular complexity index is 975. The maximum Gasteiger partial charge on any atom is 0.226 e. The van der Waals surface area contributed by atoms with Crippen molar-refractivity contribution in [2.75, 3.05) is 18.8 Å². The van der Waals surface area contributed by atoms with E-state index in [9.17, 15) is 8.42 Å². The number of oxazole rings is 1. The SMILES string of the molecule is O=S(=O)(CCn1cc(-c2coc(-c3ccccc3)n2)nn1)N1CCCC1. The van der Waals surface area contributed by atoms with Crippen LogP contribution in [0.1, 0.15) is 12.8 Å². The summed E-state index contributed by atoms with van der Waals surface area (Å²) in [6.07, 6.45) is 5.08. The Labute approximate surface area is 151 Å². The van der Waals surface area contributed by atoms with Crippen LogP contribution in [0.25, 0.3) is 22.8 Å². The van der Waals surface area contributed by atoms with E-state index in [0.29, 0.717) is 30.4 Å². The number of hydrogen-bond donors (Lipinski definition) is 0. The van der Waals surface area contributed by atoms with E-state index in [1.807, 2.05) is 30.3 Å². The standard InChI is InChI=1S/C17H19N5O3S/c23-26(24,22-8-4-5-9-22)11-10-21-12-15(19-20-21)16-13-25-17(18-16)14-6-2-1-3-7-14/h1-3,6-7,12-13H,4-5,8-11H2. The lowest BCUT2D eigenvalue weighted by molar-refractivity contribution is 0.471. The third-order valence-corrected chi connectivity index (χ3v) is 6.21. The average Bonchev–Trinajstić information content (AvgIpc) is 3.42. The molecule has 1 saturated heterocycles. The molecule has 26 heavy (non-hydrogen) atoms. The van der Waals surface area contributed by atoms with Crippen LogP contribution in [0.2, 0.25) is 0 Å². The molecule has 3 aromatic rings. The van der Waals surface area contributed by atoms with Gasteiger partial charge in [-0.2, -0.15) is 0 Å². The summed E-state index contributed by atoms with van der Waals surface area (Å²) in [5.74, 6) is 0.524. The fourth-order valence-corrected chi connectivity index (χ4v) is 4.42. The molecule has 1 aliphatic heterocycles. The molecule has 4 rings (SSSR count). The first kappa shape index (κ1) is 16.9. The van der Waals surface area contributed by atoms with E-state index in [2.05, 4.69) is 15.3 Å². The summed E-state index contributed by atoms with van der Waals surface area (Å²) in [5.41, 5.74) is 2.00. The maximum absolute atomic E-state index is 12.3. The van der Waals surface area contributed by atoms with Crippen LogP contribution in [-0.2, 0) is 16.6 Å². The molecule has 2 aromatic heterocycles. The zero-order valence-corrected chi connectivity index (χ0v) is 15.0. The van der Waals surface area contributed by atoms with Gasteiger partial charge in [-0.25, -0.2) is 17.7 Å². The van der Waals surface area contributed by atoms with Crippen LogP contribution in [0.5, 0.6) is 0 Å². The van der Waals surface area contributed by atoms with E-state index < -0.39 is 10.0 Å². The molecular formula is C17H19N5O3S. The Kier molecular flexibility index (Phi) is 4.56. The van der Waals surface area contributed by atoms with Gasteiger partial charge in [0.15, 0.2) is 0 Å². The van der Waals surface area contributed by atoms with Crippen LogP contribution < -0.4 is 0 Å². The van der Waals surface area contributed by atoms with Crippen molar-refractivity contribution in [3.8, 4) is 22.8 Å². The number of sulfonamides is 1. The summed E-state index contributed by atoms with van der Waals surface area (Å²) in [5, 5.41) is 8.08. The zero-order valence-electron chi connectivity index (χ0n) is 14.2. The second kappa shape index (κ2) is 7.00. The predicted octanol–water partition coefficient (Wildman–Crippen LogP) is 2.03. The number of aryl methyl sites for hydroxylation is 1. The Morgan fingerprint density at radius 1 is 1.08 bits per heavy atom. The topological polar surface area (TPSA) is 94.1 Å². The summed E-state index contributed by atoms with van der Waals surface area (Å²) in [6.45, 7) is 1.49. The third-order valence-electron chi connectivity index (χ3n) is 4.36. The summed E-state index contributed by atoms with van der Waals surface area (Å²) >= 11 is 0. The molecule has 0 unspecified atom stereocenters. The lowest BCUT2D eigenvalue weighted by Crippen LogP contribution is -2.31. The van der Waals surface area contributed by atoms with Crippen LogP contribution in [0.3, 0.4) is 0 Å². The fraction of sp³-hybridized carbons (Fsp3) is 0.353. The van der Waals surface area contributed by atoms with Gasteiger partial charge in [0.2, 0.25) is 15.9 Å². The summed E-state index contributed by atoms with van der Waals surface area (Å²) in [7, 11) is -3.23.